The molecule has 0 saturated heterocycles. The van der Waals surface area contributed by atoms with E-state index in [1.54, 1.807) is 18.3 Å². The minimum absolute atomic E-state index is 0.0618. The molecule has 1 amide bonds. The van der Waals surface area contributed by atoms with Crippen LogP contribution < -0.4 is 5.32 Å². The number of anilines is 1. The van der Waals surface area contributed by atoms with E-state index in [-0.39, 0.29) is 18.0 Å². The lowest BCUT2D eigenvalue weighted by Crippen LogP contribution is -2.37. The van der Waals surface area contributed by atoms with E-state index in [4.69, 9.17) is 11.6 Å². The second kappa shape index (κ2) is 8.97. The topological polar surface area (TPSA) is 79.4 Å². The third kappa shape index (κ3) is 5.16. The fraction of sp³-hybridized carbons (Fsp3) is 0.100. The maximum absolute atomic E-state index is 13.1. The molecule has 1 aromatic heterocycles. The molecular weight excluding hydrogens is 398 g/mol. The molecule has 0 saturated carbocycles. The third-order valence-electron chi connectivity index (χ3n) is 3.92. The van der Waals surface area contributed by atoms with Crippen LogP contribution in [-0.4, -0.2) is 30.2 Å². The highest BCUT2D eigenvalue weighted by atomic mass is 35.5. The Bertz CT molecular complexity index is 1030. The van der Waals surface area contributed by atoms with Crippen LogP contribution in [0.2, 0.25) is 5.02 Å². The van der Waals surface area contributed by atoms with Gasteiger partial charge in [0, 0.05) is 17.8 Å². The monoisotopic (exact) mass is 415 g/mol. The molecule has 3 aromatic rings. The fourth-order valence-corrected chi connectivity index (χ4v) is 4.08. The Morgan fingerprint density at radius 1 is 1.00 bits per heavy atom. The Kier molecular flexibility index (Phi) is 6.41. The summed E-state index contributed by atoms with van der Waals surface area (Å²) in [6.45, 7) is -0.277. The summed E-state index contributed by atoms with van der Waals surface area (Å²) in [5.41, 5.74) is 1.27. The smallest absolute Gasteiger partial charge is 0.243 e. The van der Waals surface area contributed by atoms with Crippen molar-refractivity contribution in [3.63, 3.8) is 0 Å². The van der Waals surface area contributed by atoms with E-state index in [9.17, 15) is 13.2 Å². The van der Waals surface area contributed by atoms with E-state index in [2.05, 4.69) is 10.3 Å². The van der Waals surface area contributed by atoms with Crippen LogP contribution in [0.15, 0.2) is 84.0 Å². The summed E-state index contributed by atoms with van der Waals surface area (Å²) in [5.74, 6) is -0.457. The Morgan fingerprint density at radius 2 is 1.71 bits per heavy atom. The Balaban J connectivity index is 1.86. The quantitative estimate of drug-likeness (QED) is 0.639. The van der Waals surface area contributed by atoms with Gasteiger partial charge in [-0.05, 0) is 42.0 Å². The van der Waals surface area contributed by atoms with E-state index < -0.39 is 15.9 Å². The van der Waals surface area contributed by atoms with Gasteiger partial charge < -0.3 is 5.32 Å². The number of nitrogens with zero attached hydrogens (tertiary/aromatic N) is 2. The van der Waals surface area contributed by atoms with E-state index in [1.165, 1.54) is 30.5 Å². The lowest BCUT2D eigenvalue weighted by atomic mass is 10.2. The standard InChI is InChI=1S/C20H18ClN3O3S/c21-17-8-10-19(11-9-17)28(26,27)24(14-16-5-2-1-3-6-16)15-20(25)23-18-7-4-12-22-13-18/h1-13H,14-15H2,(H,23,25). The molecule has 1 N–H and O–H groups in total. The van der Waals surface area contributed by atoms with Gasteiger partial charge in [0.25, 0.3) is 0 Å². The van der Waals surface area contributed by atoms with Crippen molar-refractivity contribution in [1.82, 2.24) is 9.29 Å². The molecule has 0 radical (unpaired) electrons. The predicted octanol–water partition coefficient (Wildman–Crippen LogP) is 3.56. The van der Waals surface area contributed by atoms with Crippen molar-refractivity contribution in [3.8, 4) is 0 Å². The van der Waals surface area contributed by atoms with Crippen LogP contribution in [0, 0.1) is 0 Å². The first-order chi connectivity index (χ1) is 13.4. The summed E-state index contributed by atoms with van der Waals surface area (Å²) < 4.78 is 27.4. The number of nitrogens with one attached hydrogen (secondary N) is 1. The third-order valence-corrected chi connectivity index (χ3v) is 5.98. The number of carbonyl (C=O) groups excluding carboxylic acids is 1. The Labute approximate surface area is 168 Å². The number of aromatic nitrogens is 1. The number of benzene rings is 2. The van der Waals surface area contributed by atoms with E-state index in [1.807, 2.05) is 30.3 Å². The van der Waals surface area contributed by atoms with Crippen LogP contribution >= 0.6 is 11.6 Å². The number of carbonyl (C=O) groups is 1. The zero-order chi connectivity index (χ0) is 20.0. The van der Waals surface area contributed by atoms with E-state index >= 15 is 0 Å². The summed E-state index contributed by atoms with van der Waals surface area (Å²) in [4.78, 5) is 16.5. The summed E-state index contributed by atoms with van der Waals surface area (Å²) in [6.07, 6.45) is 3.08. The number of amides is 1. The molecule has 0 bridgehead atoms. The summed E-state index contributed by atoms with van der Waals surface area (Å²) in [7, 11) is -3.91. The van der Waals surface area contributed by atoms with Crippen molar-refractivity contribution >= 4 is 33.2 Å². The fourth-order valence-electron chi connectivity index (χ4n) is 2.57. The number of hydrogen-bond donors (Lipinski definition) is 1. The predicted molar refractivity (Wildman–Crippen MR) is 108 cm³/mol. The van der Waals surface area contributed by atoms with Crippen LogP contribution in [0.1, 0.15) is 5.56 Å². The highest BCUT2D eigenvalue weighted by Crippen LogP contribution is 2.20. The molecule has 28 heavy (non-hydrogen) atoms. The second-order valence-corrected chi connectivity index (χ2v) is 8.38. The molecule has 6 nitrogen and oxygen atoms in total. The number of halogens is 1. The Morgan fingerprint density at radius 3 is 2.36 bits per heavy atom. The molecule has 0 unspecified atom stereocenters. The van der Waals surface area contributed by atoms with Crippen LogP contribution in [0.5, 0.6) is 0 Å². The lowest BCUT2D eigenvalue weighted by molar-refractivity contribution is -0.116. The first-order valence-electron chi connectivity index (χ1n) is 8.45. The molecule has 0 atom stereocenters. The number of pyridine rings is 1. The Hall–Kier alpha value is -2.74. The summed E-state index contributed by atoms with van der Waals surface area (Å²) >= 11 is 5.87. The molecular formula is C20H18ClN3O3S. The van der Waals surface area contributed by atoms with Gasteiger partial charge in [-0.1, -0.05) is 41.9 Å². The van der Waals surface area contributed by atoms with Crippen LogP contribution in [0.3, 0.4) is 0 Å². The zero-order valence-electron chi connectivity index (χ0n) is 14.8. The summed E-state index contributed by atoms with van der Waals surface area (Å²) in [6, 6.07) is 18.3. The molecule has 2 aromatic carbocycles. The van der Waals surface area contributed by atoms with Crippen molar-refractivity contribution in [2.75, 3.05) is 11.9 Å². The molecule has 1 heterocycles. The molecule has 144 valence electrons. The van der Waals surface area contributed by atoms with Crippen LogP contribution in [0.25, 0.3) is 0 Å². The van der Waals surface area contributed by atoms with Gasteiger partial charge in [0.1, 0.15) is 0 Å². The molecule has 0 aliphatic carbocycles. The molecule has 0 aliphatic rings. The summed E-state index contributed by atoms with van der Waals surface area (Å²) in [5, 5.41) is 3.10. The van der Waals surface area contributed by atoms with Gasteiger partial charge in [-0.15, -0.1) is 0 Å². The maximum Gasteiger partial charge on any atom is 0.243 e. The number of hydrogen-bond acceptors (Lipinski definition) is 4. The largest absolute Gasteiger partial charge is 0.324 e. The van der Waals surface area contributed by atoms with Crippen molar-refractivity contribution in [3.05, 3.63) is 89.7 Å². The minimum Gasteiger partial charge on any atom is -0.324 e. The number of sulfonamides is 1. The van der Waals surface area contributed by atoms with Crippen molar-refractivity contribution in [2.24, 2.45) is 0 Å². The van der Waals surface area contributed by atoms with Gasteiger partial charge in [-0.2, -0.15) is 4.31 Å². The molecule has 0 aliphatic heterocycles. The maximum atomic E-state index is 13.1. The van der Waals surface area contributed by atoms with Gasteiger partial charge in [0.15, 0.2) is 0 Å². The van der Waals surface area contributed by atoms with E-state index in [0.717, 1.165) is 9.87 Å². The van der Waals surface area contributed by atoms with Gasteiger partial charge in [-0.25, -0.2) is 8.42 Å². The SMILES string of the molecule is O=C(CN(Cc1ccccc1)S(=O)(=O)c1ccc(Cl)cc1)Nc1cccnc1. The van der Waals surface area contributed by atoms with Crippen LogP contribution in [0.4, 0.5) is 5.69 Å². The molecule has 0 fully saturated rings. The van der Waals surface area contributed by atoms with Gasteiger partial charge in [-0.3, -0.25) is 9.78 Å². The first kappa shape index (κ1) is 20.0. The van der Waals surface area contributed by atoms with Crippen molar-refractivity contribution in [2.45, 2.75) is 11.4 Å². The number of rotatable bonds is 7. The highest BCUT2D eigenvalue weighted by molar-refractivity contribution is 7.89. The van der Waals surface area contributed by atoms with E-state index in [0.29, 0.717) is 10.7 Å². The molecule has 3 rings (SSSR count). The minimum atomic E-state index is -3.91. The van der Waals surface area contributed by atoms with Gasteiger partial charge in [0.05, 0.1) is 23.3 Å². The normalized spacial score (nSPS) is 11.4. The van der Waals surface area contributed by atoms with Gasteiger partial charge >= 0.3 is 0 Å². The second-order valence-electron chi connectivity index (χ2n) is 6.00. The first-order valence-corrected chi connectivity index (χ1v) is 10.3. The molecule has 8 heteroatoms. The zero-order valence-corrected chi connectivity index (χ0v) is 16.4. The molecule has 0 spiro atoms. The average molecular weight is 416 g/mol. The van der Waals surface area contributed by atoms with Gasteiger partial charge in [0.2, 0.25) is 15.9 Å². The van der Waals surface area contributed by atoms with Crippen LogP contribution in [-0.2, 0) is 21.4 Å². The lowest BCUT2D eigenvalue weighted by Gasteiger charge is -2.22. The van der Waals surface area contributed by atoms with Crippen molar-refractivity contribution in [1.29, 1.82) is 0 Å². The van der Waals surface area contributed by atoms with Crippen molar-refractivity contribution < 1.29 is 13.2 Å². The average Bonchev–Trinajstić information content (AvgIpc) is 2.69. The highest BCUT2D eigenvalue weighted by Gasteiger charge is 2.27.